The maximum atomic E-state index is 13.4. The van der Waals surface area contributed by atoms with Gasteiger partial charge in [0, 0.05) is 35.6 Å². The van der Waals surface area contributed by atoms with Crippen LogP contribution in [0.15, 0.2) is 59.4 Å². The van der Waals surface area contributed by atoms with Crippen molar-refractivity contribution in [2.75, 3.05) is 27.2 Å². The number of carbonyl (C=O) groups is 1. The number of likely N-dealkylation sites (N-methyl/N-ethyl adjacent to an activating group) is 1. The van der Waals surface area contributed by atoms with Crippen molar-refractivity contribution in [2.45, 2.75) is 19.1 Å². The third-order valence-corrected chi connectivity index (χ3v) is 6.40. The van der Waals surface area contributed by atoms with E-state index in [1.807, 2.05) is 19.0 Å². The average Bonchev–Trinajstić information content (AvgIpc) is 3.21. The third kappa shape index (κ3) is 6.03. The number of nitrogens with zero attached hydrogens (tertiary/aromatic N) is 4. The Hall–Kier alpha value is -3.34. The Balaban J connectivity index is 2.01. The topological polar surface area (TPSA) is 72.2 Å². The lowest BCUT2D eigenvalue weighted by atomic mass is 10.1. The van der Waals surface area contributed by atoms with E-state index in [1.54, 1.807) is 48.5 Å². The number of pyridine rings is 1. The van der Waals surface area contributed by atoms with Crippen molar-refractivity contribution in [1.29, 1.82) is 0 Å². The minimum Gasteiger partial charge on any atom is -0.351 e. The van der Waals surface area contributed by atoms with Crippen molar-refractivity contribution >= 4 is 40.1 Å². The summed E-state index contributed by atoms with van der Waals surface area (Å²) >= 11 is 12.5. The largest absolute Gasteiger partial charge is 0.390 e. The van der Waals surface area contributed by atoms with Crippen LogP contribution in [0.25, 0.3) is 28.0 Å². The number of nitrogens with one attached hydrogen (secondary N) is 1. The Labute approximate surface area is 226 Å². The molecule has 0 saturated heterocycles. The molecule has 0 spiro atoms. The highest BCUT2D eigenvalue weighted by Gasteiger charge is 2.29. The Morgan fingerprint density at radius 2 is 1.76 bits per heavy atom. The van der Waals surface area contributed by atoms with Gasteiger partial charge in [0.15, 0.2) is 5.65 Å². The Bertz CT molecular complexity index is 1530. The van der Waals surface area contributed by atoms with Crippen LogP contribution in [0.1, 0.15) is 16.8 Å². The summed E-state index contributed by atoms with van der Waals surface area (Å²) in [5.74, 6) is -0.688. The second-order valence-electron chi connectivity index (χ2n) is 8.90. The molecule has 0 atom stereocenters. The van der Waals surface area contributed by atoms with Crippen LogP contribution in [-0.4, -0.2) is 58.5 Å². The third-order valence-electron chi connectivity index (χ3n) is 5.83. The predicted molar refractivity (Wildman–Crippen MR) is 142 cm³/mol. The van der Waals surface area contributed by atoms with E-state index < -0.39 is 30.6 Å². The molecule has 2 aromatic heterocycles. The Morgan fingerprint density at radius 1 is 1.08 bits per heavy atom. The first kappa shape index (κ1) is 27.7. The molecule has 0 bridgehead atoms. The molecule has 7 nitrogen and oxygen atoms in total. The molecule has 4 rings (SSSR count). The zero-order valence-corrected chi connectivity index (χ0v) is 22.0. The second-order valence-corrected chi connectivity index (χ2v) is 9.74. The van der Waals surface area contributed by atoms with Gasteiger partial charge in [-0.3, -0.25) is 14.2 Å². The van der Waals surface area contributed by atoms with E-state index in [-0.39, 0.29) is 17.8 Å². The van der Waals surface area contributed by atoms with Crippen LogP contribution in [0.4, 0.5) is 13.2 Å². The summed E-state index contributed by atoms with van der Waals surface area (Å²) in [7, 11) is 3.65. The lowest BCUT2D eigenvalue weighted by Gasteiger charge is -2.13. The molecule has 1 N–H and O–H groups in total. The number of hydrogen-bond acceptors (Lipinski definition) is 4. The minimum absolute atomic E-state index is 0.00559. The lowest BCUT2D eigenvalue weighted by molar-refractivity contribution is -0.136. The number of hydrogen-bond donors (Lipinski definition) is 1. The molecule has 0 aliphatic rings. The van der Waals surface area contributed by atoms with Gasteiger partial charge in [0.25, 0.3) is 11.5 Å². The molecule has 0 saturated carbocycles. The first-order chi connectivity index (χ1) is 18.0. The Kier molecular flexibility index (Phi) is 8.15. The number of aryl methyl sites for hydroxylation is 1. The van der Waals surface area contributed by atoms with E-state index >= 15 is 0 Å². The van der Waals surface area contributed by atoms with Crippen molar-refractivity contribution in [3.63, 3.8) is 0 Å². The maximum absolute atomic E-state index is 13.4. The van der Waals surface area contributed by atoms with Gasteiger partial charge >= 0.3 is 6.18 Å². The second kappa shape index (κ2) is 11.2. The van der Waals surface area contributed by atoms with Crippen molar-refractivity contribution in [1.82, 2.24) is 24.6 Å². The quantitative estimate of drug-likeness (QED) is 0.310. The molecule has 0 aliphatic carbocycles. The van der Waals surface area contributed by atoms with Crippen LogP contribution < -0.4 is 10.9 Å². The molecule has 0 aliphatic heterocycles. The van der Waals surface area contributed by atoms with Gasteiger partial charge in [-0.1, -0.05) is 47.5 Å². The van der Waals surface area contributed by atoms with Gasteiger partial charge in [0.2, 0.25) is 0 Å². The van der Waals surface area contributed by atoms with Gasteiger partial charge in [-0.15, -0.1) is 5.10 Å². The van der Waals surface area contributed by atoms with E-state index in [4.69, 9.17) is 23.2 Å². The standard InChI is InChI=1S/C26H24Cl2F3N5O2/c1-34(2)14-12-32-24(37)19-15-18-22(16-7-9-17(27)10-8-16)36(21-6-4-3-5-20(21)28)33-23(18)35(25(19)38)13-11-26(29,30)31/h3-10,15H,11-14H2,1-2H3,(H,32,37). The van der Waals surface area contributed by atoms with E-state index in [2.05, 4.69) is 10.4 Å². The zero-order valence-electron chi connectivity index (χ0n) is 20.5. The van der Waals surface area contributed by atoms with E-state index in [9.17, 15) is 22.8 Å². The lowest BCUT2D eigenvalue weighted by Crippen LogP contribution is -2.36. The minimum atomic E-state index is -4.53. The van der Waals surface area contributed by atoms with E-state index in [1.165, 1.54) is 10.7 Å². The number of carbonyl (C=O) groups excluding carboxylic acids is 1. The molecule has 0 radical (unpaired) electrons. The first-order valence-electron chi connectivity index (χ1n) is 11.6. The predicted octanol–water partition coefficient (Wildman–Crippen LogP) is 5.40. The number of fused-ring (bicyclic) bond motifs is 1. The number of para-hydroxylation sites is 1. The summed E-state index contributed by atoms with van der Waals surface area (Å²) in [5, 5.41) is 8.34. The maximum Gasteiger partial charge on any atom is 0.390 e. The van der Waals surface area contributed by atoms with Crippen molar-refractivity contribution < 1.29 is 18.0 Å². The number of benzene rings is 2. The smallest absolute Gasteiger partial charge is 0.351 e. The summed E-state index contributed by atoms with van der Waals surface area (Å²) in [6, 6.07) is 14.9. The van der Waals surface area contributed by atoms with Crippen molar-refractivity contribution in [2.24, 2.45) is 0 Å². The highest BCUT2D eigenvalue weighted by Crippen LogP contribution is 2.34. The highest BCUT2D eigenvalue weighted by atomic mass is 35.5. The van der Waals surface area contributed by atoms with E-state index in [0.717, 1.165) is 4.57 Å². The molecule has 12 heteroatoms. The van der Waals surface area contributed by atoms with Crippen LogP contribution in [0.2, 0.25) is 10.0 Å². The molecule has 4 aromatic rings. The summed E-state index contributed by atoms with van der Waals surface area (Å²) in [4.78, 5) is 28.3. The number of halogens is 5. The van der Waals surface area contributed by atoms with E-state index in [0.29, 0.717) is 38.9 Å². The normalized spacial score (nSPS) is 11.9. The van der Waals surface area contributed by atoms with Gasteiger partial charge < -0.3 is 10.2 Å². The SMILES string of the molecule is CN(C)CCNC(=O)c1cc2c(-c3ccc(Cl)cc3)n(-c3ccccc3Cl)nc2n(CCC(F)(F)F)c1=O. The van der Waals surface area contributed by atoms with Crippen LogP contribution in [0.3, 0.4) is 0 Å². The summed E-state index contributed by atoms with van der Waals surface area (Å²) in [5.41, 5.74) is 0.337. The molecule has 0 unspecified atom stereocenters. The number of aromatic nitrogens is 3. The van der Waals surface area contributed by atoms with Crippen LogP contribution >= 0.6 is 23.2 Å². The number of alkyl halides is 3. The van der Waals surface area contributed by atoms with Crippen molar-refractivity contribution in [3.8, 4) is 16.9 Å². The van der Waals surface area contributed by atoms with Gasteiger partial charge in [-0.2, -0.15) is 13.2 Å². The van der Waals surface area contributed by atoms with Gasteiger partial charge in [-0.25, -0.2) is 4.68 Å². The van der Waals surface area contributed by atoms with Gasteiger partial charge in [0.05, 0.1) is 22.8 Å². The van der Waals surface area contributed by atoms with Gasteiger partial charge in [0.1, 0.15) is 5.56 Å². The first-order valence-corrected chi connectivity index (χ1v) is 12.4. The fraction of sp³-hybridized carbons (Fsp3) is 0.269. The molecule has 0 fully saturated rings. The van der Waals surface area contributed by atoms with Gasteiger partial charge in [-0.05, 0) is 44.4 Å². The Morgan fingerprint density at radius 3 is 2.39 bits per heavy atom. The molecule has 2 heterocycles. The average molecular weight is 566 g/mol. The molecule has 38 heavy (non-hydrogen) atoms. The monoisotopic (exact) mass is 565 g/mol. The number of rotatable bonds is 8. The van der Waals surface area contributed by atoms with Crippen LogP contribution in [0.5, 0.6) is 0 Å². The molecule has 2 aromatic carbocycles. The molecule has 200 valence electrons. The zero-order chi connectivity index (χ0) is 27.6. The summed E-state index contributed by atoms with van der Waals surface area (Å²) in [6.45, 7) is 0.0444. The molecule has 1 amide bonds. The van der Waals surface area contributed by atoms with Crippen molar-refractivity contribution in [3.05, 3.63) is 80.6 Å². The molecular formula is C26H24Cl2F3N5O2. The summed E-state index contributed by atoms with van der Waals surface area (Å²) in [6.07, 6.45) is -5.80. The summed E-state index contributed by atoms with van der Waals surface area (Å²) < 4.78 is 42.0. The fourth-order valence-electron chi connectivity index (χ4n) is 3.98. The highest BCUT2D eigenvalue weighted by molar-refractivity contribution is 6.32. The fourth-order valence-corrected chi connectivity index (χ4v) is 4.32. The molecular weight excluding hydrogens is 542 g/mol. The number of amides is 1. The van der Waals surface area contributed by atoms with Crippen LogP contribution in [0, 0.1) is 0 Å². The van der Waals surface area contributed by atoms with Crippen LogP contribution in [-0.2, 0) is 6.54 Å².